The van der Waals surface area contributed by atoms with Crippen LogP contribution in [0, 0.1) is 0 Å². The Hall–Kier alpha value is -5.89. The summed E-state index contributed by atoms with van der Waals surface area (Å²) in [7, 11) is 0. The Morgan fingerprint density at radius 1 is 0.290 bits per heavy atom. The SMILES string of the molecule is c1ccc(Oc2cc3c4c(c2)Sc2c(c(-c5ccccc5)c5c(c2-c2ccccc2)Sc2cc(Oc6ccccc6)cc6c2B5c2ccccc2S6)B4c2ccccc2S3)cc1. The summed E-state index contributed by atoms with van der Waals surface area (Å²) in [6, 6.07) is 69.9. The summed E-state index contributed by atoms with van der Waals surface area (Å²) in [6.45, 7) is 0.00587. The van der Waals surface area contributed by atoms with E-state index in [2.05, 4.69) is 133 Å². The third kappa shape index (κ3) is 5.95. The lowest BCUT2D eigenvalue weighted by atomic mass is 9.31. The van der Waals surface area contributed by atoms with Crippen LogP contribution >= 0.6 is 47.0 Å². The standard InChI is InChI=1S/C54H32B2O2S4/c1-5-17-33(18-6-1)47-51-53(61-45-31-37(57-35-21-9-3-10-22-35)29-43-49(45)55(51)39-25-13-15-27-41(39)59-43)48(34-19-7-2-8-20-34)54-52(47)56-40-26-14-16-28-42(40)60-44-30-38(32-46(62-54)50(44)56)58-36-23-11-4-12-24-36/h1-32H. The first-order valence-corrected chi connectivity index (χ1v) is 24.1. The van der Waals surface area contributed by atoms with E-state index in [4.69, 9.17) is 9.47 Å². The number of ether oxygens (including phenoxy) is 2. The van der Waals surface area contributed by atoms with E-state index in [0.717, 1.165) is 23.0 Å². The van der Waals surface area contributed by atoms with Crippen LogP contribution in [0.15, 0.2) is 233 Å². The second kappa shape index (κ2) is 14.9. The first-order valence-electron chi connectivity index (χ1n) is 20.8. The third-order valence-corrected chi connectivity index (χ3v) is 16.9. The molecule has 0 fully saturated rings. The van der Waals surface area contributed by atoms with Crippen molar-refractivity contribution in [2.45, 2.75) is 39.2 Å². The molecule has 0 saturated heterocycles. The molecule has 0 radical (unpaired) electrons. The first-order chi connectivity index (χ1) is 30.7. The quantitative estimate of drug-likeness (QED) is 0.154. The van der Waals surface area contributed by atoms with E-state index in [1.807, 2.05) is 108 Å². The van der Waals surface area contributed by atoms with Crippen molar-refractivity contribution in [3.8, 4) is 45.3 Å². The maximum absolute atomic E-state index is 6.65. The van der Waals surface area contributed by atoms with E-state index in [9.17, 15) is 0 Å². The molecule has 0 aliphatic carbocycles. The predicted octanol–water partition coefficient (Wildman–Crippen LogP) is 11.5. The van der Waals surface area contributed by atoms with Crippen molar-refractivity contribution >= 4 is 93.2 Å². The summed E-state index contributed by atoms with van der Waals surface area (Å²) in [5, 5.41) is 0. The van der Waals surface area contributed by atoms with Crippen molar-refractivity contribution in [1.82, 2.24) is 0 Å². The molecule has 0 N–H and O–H groups in total. The van der Waals surface area contributed by atoms with Gasteiger partial charge in [0.15, 0.2) is 0 Å². The Balaban J connectivity index is 1.14. The van der Waals surface area contributed by atoms with E-state index in [1.165, 1.54) is 94.2 Å². The molecule has 9 aromatic rings. The molecule has 8 heteroatoms. The van der Waals surface area contributed by atoms with Crippen molar-refractivity contribution in [1.29, 1.82) is 0 Å². The Labute approximate surface area is 378 Å². The van der Waals surface area contributed by atoms with Gasteiger partial charge >= 0.3 is 0 Å². The number of benzene rings is 9. The van der Waals surface area contributed by atoms with Gasteiger partial charge in [-0.25, -0.2) is 0 Å². The molecular weight excluding hydrogens is 830 g/mol. The number of hydrogen-bond donors (Lipinski definition) is 0. The molecule has 0 bridgehead atoms. The monoisotopic (exact) mass is 862 g/mol. The van der Waals surface area contributed by atoms with Crippen molar-refractivity contribution in [2.75, 3.05) is 0 Å². The summed E-state index contributed by atoms with van der Waals surface area (Å²) in [5.74, 6) is 3.37. The van der Waals surface area contributed by atoms with Gasteiger partial charge < -0.3 is 9.47 Å². The van der Waals surface area contributed by atoms with Gasteiger partial charge in [-0.2, -0.15) is 0 Å². The fourth-order valence-corrected chi connectivity index (χ4v) is 15.1. The fraction of sp³-hybridized carbons (Fsp3) is 0. The van der Waals surface area contributed by atoms with Crippen molar-refractivity contribution in [2.24, 2.45) is 0 Å². The zero-order valence-electron chi connectivity index (χ0n) is 33.1. The van der Waals surface area contributed by atoms with Gasteiger partial charge in [-0.3, -0.25) is 0 Å². The number of rotatable bonds is 6. The fourth-order valence-electron chi connectivity index (χ4n) is 9.71. The molecule has 62 heavy (non-hydrogen) atoms. The highest BCUT2D eigenvalue weighted by molar-refractivity contribution is 8.02. The molecule has 290 valence electrons. The minimum Gasteiger partial charge on any atom is -0.457 e. The van der Waals surface area contributed by atoms with Crippen LogP contribution in [0.25, 0.3) is 22.3 Å². The molecule has 0 aromatic heterocycles. The lowest BCUT2D eigenvalue weighted by molar-refractivity contribution is 0.480. The van der Waals surface area contributed by atoms with Crippen molar-refractivity contribution < 1.29 is 9.47 Å². The lowest BCUT2D eigenvalue weighted by Gasteiger charge is -2.41. The molecule has 4 heterocycles. The molecule has 9 aromatic carbocycles. The van der Waals surface area contributed by atoms with Gasteiger partial charge in [-0.1, -0.05) is 191 Å². The molecule has 0 amide bonds. The van der Waals surface area contributed by atoms with Crippen molar-refractivity contribution in [3.63, 3.8) is 0 Å². The minimum absolute atomic E-state index is 0.00293. The molecule has 13 rings (SSSR count). The molecule has 4 aliphatic rings. The molecule has 0 atom stereocenters. The van der Waals surface area contributed by atoms with Crippen LogP contribution in [0.3, 0.4) is 0 Å². The van der Waals surface area contributed by atoms with E-state index in [-0.39, 0.29) is 13.4 Å². The highest BCUT2D eigenvalue weighted by Crippen LogP contribution is 2.51. The Morgan fingerprint density at radius 3 is 1.08 bits per heavy atom. The Kier molecular flexibility index (Phi) is 8.82. The van der Waals surface area contributed by atoms with Crippen LogP contribution in [0.2, 0.25) is 0 Å². The van der Waals surface area contributed by atoms with Crippen molar-refractivity contribution in [3.05, 3.63) is 194 Å². The van der Waals surface area contributed by atoms with Crippen LogP contribution < -0.4 is 42.3 Å². The van der Waals surface area contributed by atoms with Gasteiger partial charge in [-0.05, 0) is 99.2 Å². The predicted molar refractivity (Wildman–Crippen MR) is 262 cm³/mol. The number of para-hydroxylation sites is 2. The molecule has 2 nitrogen and oxygen atoms in total. The largest absolute Gasteiger partial charge is 0.457 e. The van der Waals surface area contributed by atoms with Crippen LogP contribution in [0.5, 0.6) is 23.0 Å². The van der Waals surface area contributed by atoms with Gasteiger partial charge in [0.2, 0.25) is 13.4 Å². The summed E-state index contributed by atoms with van der Waals surface area (Å²) < 4.78 is 13.3. The summed E-state index contributed by atoms with van der Waals surface area (Å²) in [5.41, 5.74) is 13.3. The summed E-state index contributed by atoms with van der Waals surface area (Å²) in [4.78, 5) is 10.2. The number of hydrogen-bond acceptors (Lipinski definition) is 6. The summed E-state index contributed by atoms with van der Waals surface area (Å²) in [6.07, 6.45) is 0. The number of fused-ring (bicyclic) bond motifs is 8. The normalized spacial score (nSPS) is 13.5. The Bertz CT molecular complexity index is 3080. The maximum Gasteiger partial charge on any atom is 0.247 e. The topological polar surface area (TPSA) is 18.5 Å². The van der Waals surface area contributed by atoms with Gasteiger partial charge in [0.1, 0.15) is 23.0 Å². The average molecular weight is 863 g/mol. The minimum atomic E-state index is 0.00293. The lowest BCUT2D eigenvalue weighted by Crippen LogP contribution is -2.63. The van der Waals surface area contributed by atoms with Gasteiger partial charge in [0.05, 0.1) is 0 Å². The second-order valence-corrected chi connectivity index (χ2v) is 20.1. The van der Waals surface area contributed by atoms with E-state index in [0.29, 0.717) is 0 Å². The second-order valence-electron chi connectivity index (χ2n) is 15.8. The molecule has 0 saturated carbocycles. The van der Waals surface area contributed by atoms with Crippen LogP contribution in [0.1, 0.15) is 0 Å². The molecular formula is C54H32B2O2S4. The Morgan fingerprint density at radius 2 is 0.645 bits per heavy atom. The smallest absolute Gasteiger partial charge is 0.247 e. The van der Waals surface area contributed by atoms with E-state index in [1.54, 1.807) is 0 Å². The third-order valence-electron chi connectivity index (χ3n) is 12.2. The highest BCUT2D eigenvalue weighted by atomic mass is 32.2. The first kappa shape index (κ1) is 36.7. The van der Waals surface area contributed by atoms with E-state index < -0.39 is 0 Å². The molecule has 4 aliphatic heterocycles. The zero-order chi connectivity index (χ0) is 40.7. The van der Waals surface area contributed by atoms with Gasteiger partial charge in [0.25, 0.3) is 0 Å². The van der Waals surface area contributed by atoms with Crippen LogP contribution in [0.4, 0.5) is 0 Å². The molecule has 0 unspecified atom stereocenters. The molecule has 0 spiro atoms. The van der Waals surface area contributed by atoms with Gasteiger partial charge in [0, 0.05) is 44.7 Å². The van der Waals surface area contributed by atoms with Crippen LogP contribution in [-0.4, -0.2) is 13.4 Å². The van der Waals surface area contributed by atoms with Gasteiger partial charge in [-0.15, -0.1) is 0 Å². The van der Waals surface area contributed by atoms with E-state index >= 15 is 0 Å². The van der Waals surface area contributed by atoms with Crippen LogP contribution in [-0.2, 0) is 0 Å². The summed E-state index contributed by atoms with van der Waals surface area (Å²) >= 11 is 7.56. The maximum atomic E-state index is 6.65. The average Bonchev–Trinajstić information content (AvgIpc) is 3.31. The highest BCUT2D eigenvalue weighted by Gasteiger charge is 2.47. The zero-order valence-corrected chi connectivity index (χ0v) is 36.3.